The normalized spacial score (nSPS) is 14.8. The largest absolute Gasteiger partial charge is 0.438 e. The molecule has 5 rings (SSSR count). The van der Waals surface area contributed by atoms with Gasteiger partial charge in [-0.25, -0.2) is 0 Å². The summed E-state index contributed by atoms with van der Waals surface area (Å²) in [5.41, 5.74) is 5.39. The lowest BCUT2D eigenvalue weighted by atomic mass is 10.1. The van der Waals surface area contributed by atoms with E-state index >= 15 is 0 Å². The summed E-state index contributed by atoms with van der Waals surface area (Å²) in [5, 5.41) is 4.25. The van der Waals surface area contributed by atoms with Gasteiger partial charge < -0.3 is 14.1 Å². The predicted octanol–water partition coefficient (Wildman–Crippen LogP) is 4.81. The summed E-state index contributed by atoms with van der Waals surface area (Å²) in [4.78, 5) is 2.05. The Morgan fingerprint density at radius 1 is 1.08 bits per heavy atom. The molecule has 1 aliphatic rings. The highest BCUT2D eigenvalue weighted by Gasteiger charge is 2.27. The number of ether oxygens (including phenoxy) is 1. The topological polar surface area (TPSA) is 29.5 Å². The van der Waals surface area contributed by atoms with Crippen molar-refractivity contribution in [3.63, 3.8) is 0 Å². The van der Waals surface area contributed by atoms with Gasteiger partial charge in [0.05, 0.1) is 5.69 Å². The molecule has 5 heteroatoms. The molecule has 0 bridgehead atoms. The molecule has 4 aromatic rings. The molecule has 0 aliphatic carbocycles. The Hall–Kier alpha value is -3.05. The molecule has 2 aromatic heterocycles. The zero-order valence-electron chi connectivity index (χ0n) is 14.5. The van der Waals surface area contributed by atoms with Crippen molar-refractivity contribution in [1.82, 2.24) is 0 Å². The van der Waals surface area contributed by atoms with Crippen LogP contribution in [-0.2, 0) is 7.05 Å². The standard InChI is InChI=1S/C21H17N2O2S/c1-22-16-5-3-4-6-18(16)24-20(22)12-21-23(2)17-11-14(7-8-19(17)25-21)15-9-10-26-13-15/h3-13H,1-2H3/q+1. The van der Waals surface area contributed by atoms with E-state index in [1.165, 1.54) is 11.1 Å². The minimum absolute atomic E-state index is 0.747. The zero-order chi connectivity index (χ0) is 17.7. The number of thiophene rings is 1. The molecule has 1 aliphatic heterocycles. The number of benzene rings is 2. The average molecular weight is 361 g/mol. The second-order valence-corrected chi connectivity index (χ2v) is 7.09. The molecule has 3 heterocycles. The van der Waals surface area contributed by atoms with Crippen LogP contribution in [0.1, 0.15) is 5.89 Å². The van der Waals surface area contributed by atoms with Crippen molar-refractivity contribution in [3.8, 4) is 16.9 Å². The van der Waals surface area contributed by atoms with Crippen molar-refractivity contribution in [3.05, 3.63) is 71.1 Å². The Morgan fingerprint density at radius 3 is 2.77 bits per heavy atom. The molecule has 26 heavy (non-hydrogen) atoms. The van der Waals surface area contributed by atoms with Crippen LogP contribution < -0.4 is 14.2 Å². The number of aromatic nitrogens is 1. The van der Waals surface area contributed by atoms with Gasteiger partial charge in [0.15, 0.2) is 5.75 Å². The third-order valence-corrected chi connectivity index (χ3v) is 5.42. The van der Waals surface area contributed by atoms with Crippen LogP contribution in [0, 0.1) is 0 Å². The minimum atomic E-state index is 0.747. The molecule has 0 saturated heterocycles. The number of hydrogen-bond acceptors (Lipinski definition) is 4. The van der Waals surface area contributed by atoms with E-state index in [9.17, 15) is 0 Å². The van der Waals surface area contributed by atoms with E-state index in [2.05, 4.69) is 33.9 Å². The molecule has 0 radical (unpaired) electrons. The minimum Gasteiger partial charge on any atom is -0.438 e. The maximum Gasteiger partial charge on any atom is 0.379 e. The lowest BCUT2D eigenvalue weighted by molar-refractivity contribution is -0.652. The molecule has 0 spiro atoms. The highest BCUT2D eigenvalue weighted by atomic mass is 32.1. The number of fused-ring (bicyclic) bond motifs is 2. The van der Waals surface area contributed by atoms with Crippen molar-refractivity contribution >= 4 is 34.2 Å². The van der Waals surface area contributed by atoms with E-state index in [0.717, 1.165) is 34.3 Å². The Bertz CT molecular complexity index is 1140. The number of rotatable bonds is 2. The van der Waals surface area contributed by atoms with Gasteiger partial charge in [-0.3, -0.25) is 0 Å². The van der Waals surface area contributed by atoms with Crippen molar-refractivity contribution in [2.75, 3.05) is 11.9 Å². The predicted molar refractivity (Wildman–Crippen MR) is 104 cm³/mol. The molecular weight excluding hydrogens is 344 g/mol. The van der Waals surface area contributed by atoms with Gasteiger partial charge in [0.25, 0.3) is 5.52 Å². The number of aryl methyl sites for hydroxylation is 1. The van der Waals surface area contributed by atoms with Gasteiger partial charge >= 0.3 is 5.89 Å². The molecule has 0 saturated carbocycles. The van der Waals surface area contributed by atoms with Gasteiger partial charge in [0, 0.05) is 13.1 Å². The first-order valence-corrected chi connectivity index (χ1v) is 9.32. The molecule has 0 unspecified atom stereocenters. The summed E-state index contributed by atoms with van der Waals surface area (Å²) in [6.45, 7) is 0. The van der Waals surface area contributed by atoms with Crippen molar-refractivity contribution in [2.45, 2.75) is 0 Å². The summed E-state index contributed by atoms with van der Waals surface area (Å²) < 4.78 is 14.1. The second-order valence-electron chi connectivity index (χ2n) is 6.31. The molecule has 2 aromatic carbocycles. The van der Waals surface area contributed by atoms with Crippen LogP contribution in [0.2, 0.25) is 0 Å². The third-order valence-electron chi connectivity index (χ3n) is 4.74. The van der Waals surface area contributed by atoms with Crippen LogP contribution in [0.5, 0.6) is 5.75 Å². The zero-order valence-corrected chi connectivity index (χ0v) is 15.3. The molecule has 0 amide bonds. The first-order valence-electron chi connectivity index (χ1n) is 8.38. The lowest BCUT2D eigenvalue weighted by Crippen LogP contribution is -2.29. The van der Waals surface area contributed by atoms with Gasteiger partial charge in [0.2, 0.25) is 11.5 Å². The monoisotopic (exact) mass is 361 g/mol. The highest BCUT2D eigenvalue weighted by Crippen LogP contribution is 2.41. The van der Waals surface area contributed by atoms with Gasteiger partial charge in [0.1, 0.15) is 13.1 Å². The molecule has 0 N–H and O–H groups in total. The van der Waals surface area contributed by atoms with Crippen LogP contribution in [0.15, 0.2) is 69.6 Å². The molecule has 0 fully saturated rings. The summed E-state index contributed by atoms with van der Waals surface area (Å²) in [5.74, 6) is 2.35. The Labute approximate surface area is 155 Å². The van der Waals surface area contributed by atoms with Gasteiger partial charge in [-0.15, -0.1) is 0 Å². The number of oxazole rings is 1. The van der Waals surface area contributed by atoms with Gasteiger partial charge in [-0.2, -0.15) is 15.9 Å². The maximum atomic E-state index is 6.06. The fraction of sp³-hybridized carbons (Fsp3) is 0.0952. The summed E-state index contributed by atoms with van der Waals surface area (Å²) in [6.07, 6.45) is 1.93. The molecular formula is C21H17N2O2S+. The Morgan fingerprint density at radius 2 is 1.96 bits per heavy atom. The number of para-hydroxylation sites is 2. The van der Waals surface area contributed by atoms with Crippen LogP contribution in [-0.4, -0.2) is 7.05 Å². The highest BCUT2D eigenvalue weighted by molar-refractivity contribution is 7.08. The first-order chi connectivity index (χ1) is 12.7. The number of nitrogens with zero attached hydrogens (tertiary/aromatic N) is 2. The molecule has 0 atom stereocenters. The first kappa shape index (κ1) is 15.2. The van der Waals surface area contributed by atoms with Crippen molar-refractivity contribution in [1.29, 1.82) is 0 Å². The van der Waals surface area contributed by atoms with E-state index in [0.29, 0.717) is 0 Å². The molecule has 4 nitrogen and oxygen atoms in total. The van der Waals surface area contributed by atoms with Gasteiger partial charge in [-0.05, 0) is 46.2 Å². The SMILES string of the molecule is CN1C(=Cc2oc3ccccc3[n+]2C)Oc2ccc(-c3ccsc3)cc21. The van der Waals surface area contributed by atoms with Gasteiger partial charge in [-0.1, -0.05) is 18.2 Å². The Balaban J connectivity index is 1.54. The quantitative estimate of drug-likeness (QED) is 0.480. The summed E-state index contributed by atoms with van der Waals surface area (Å²) in [7, 11) is 4.01. The van der Waals surface area contributed by atoms with Crippen LogP contribution in [0.25, 0.3) is 28.3 Å². The van der Waals surface area contributed by atoms with E-state index in [4.69, 9.17) is 9.15 Å². The van der Waals surface area contributed by atoms with E-state index in [-0.39, 0.29) is 0 Å². The second kappa shape index (κ2) is 5.75. The van der Waals surface area contributed by atoms with Crippen LogP contribution >= 0.6 is 11.3 Å². The summed E-state index contributed by atoms with van der Waals surface area (Å²) >= 11 is 1.70. The third kappa shape index (κ3) is 2.32. The smallest absolute Gasteiger partial charge is 0.379 e. The van der Waals surface area contributed by atoms with Crippen LogP contribution in [0.4, 0.5) is 5.69 Å². The van der Waals surface area contributed by atoms with E-state index in [1.807, 2.05) is 55.1 Å². The maximum absolute atomic E-state index is 6.06. The summed E-state index contributed by atoms with van der Waals surface area (Å²) in [6, 6.07) is 16.4. The number of hydrogen-bond donors (Lipinski definition) is 0. The average Bonchev–Trinajstić information content (AvgIpc) is 3.36. The fourth-order valence-corrected chi connectivity index (χ4v) is 3.92. The molecule has 128 valence electrons. The number of anilines is 1. The van der Waals surface area contributed by atoms with E-state index in [1.54, 1.807) is 11.3 Å². The van der Waals surface area contributed by atoms with Crippen molar-refractivity contribution < 1.29 is 13.7 Å². The van der Waals surface area contributed by atoms with Crippen LogP contribution in [0.3, 0.4) is 0 Å². The lowest BCUT2D eigenvalue weighted by Gasteiger charge is -2.10. The fourth-order valence-electron chi connectivity index (χ4n) is 3.25. The van der Waals surface area contributed by atoms with Crippen molar-refractivity contribution in [2.24, 2.45) is 7.05 Å². The Kier molecular flexibility index (Phi) is 3.36. The van der Waals surface area contributed by atoms with E-state index < -0.39 is 0 Å².